The van der Waals surface area contributed by atoms with Crippen LogP contribution in [0.3, 0.4) is 0 Å². The number of nitrogens with two attached hydrogens (primary N) is 1. The van der Waals surface area contributed by atoms with E-state index in [9.17, 15) is 18.0 Å². The lowest BCUT2D eigenvalue weighted by atomic mass is 9.99. The normalized spacial score (nSPS) is 18.4. The van der Waals surface area contributed by atoms with Gasteiger partial charge < -0.3 is 15.8 Å². The average molecular weight is 419 g/mol. The molecule has 0 aliphatic carbocycles. The smallest absolute Gasteiger partial charge is 0.307 e. The van der Waals surface area contributed by atoms with Crippen LogP contribution < -0.4 is 11.1 Å². The van der Waals surface area contributed by atoms with E-state index in [2.05, 4.69) is 20.0 Å². The molecule has 1 atom stereocenters. The molecule has 1 aliphatic rings. The van der Waals surface area contributed by atoms with E-state index < -0.39 is 41.9 Å². The summed E-state index contributed by atoms with van der Waals surface area (Å²) >= 11 is 11.6. The number of ether oxygens (including phenoxy) is 1. The van der Waals surface area contributed by atoms with Gasteiger partial charge in [-0.25, -0.2) is 23.1 Å². The molecule has 1 aromatic heterocycles. The van der Waals surface area contributed by atoms with Crippen molar-refractivity contribution in [3.8, 4) is 0 Å². The molecule has 3 N–H and O–H groups in total. The summed E-state index contributed by atoms with van der Waals surface area (Å²) < 4.78 is 46.8. The molecule has 1 amide bonds. The lowest BCUT2D eigenvalue weighted by Crippen LogP contribution is -2.40. The zero-order valence-electron chi connectivity index (χ0n) is 13.3. The molecule has 142 valence electrons. The fraction of sp³-hybridized carbons (Fsp3) is 0.188. The number of rotatable bonds is 3. The Labute approximate surface area is 161 Å². The molecule has 1 unspecified atom stereocenters. The van der Waals surface area contributed by atoms with Crippen molar-refractivity contribution in [2.45, 2.75) is 12.0 Å². The van der Waals surface area contributed by atoms with Gasteiger partial charge in [0.1, 0.15) is 11.5 Å². The topological polar surface area (TPSA) is 89.6 Å². The van der Waals surface area contributed by atoms with Gasteiger partial charge in [-0.1, -0.05) is 23.2 Å². The van der Waals surface area contributed by atoms with Crippen molar-refractivity contribution in [3.05, 3.63) is 57.6 Å². The third-order valence-corrected chi connectivity index (χ3v) is 4.14. The molecule has 6 nitrogen and oxygen atoms in total. The summed E-state index contributed by atoms with van der Waals surface area (Å²) in [7, 11) is 0. The maximum atomic E-state index is 14.1. The van der Waals surface area contributed by atoms with Gasteiger partial charge in [-0.15, -0.1) is 0 Å². The highest BCUT2D eigenvalue weighted by atomic mass is 35.5. The quantitative estimate of drug-likeness (QED) is 0.792. The Bertz CT molecular complexity index is 940. The predicted octanol–water partition coefficient (Wildman–Crippen LogP) is 3.80. The molecule has 0 spiro atoms. The van der Waals surface area contributed by atoms with Crippen molar-refractivity contribution in [3.63, 3.8) is 0 Å². The number of nitrogens with one attached hydrogen (secondary N) is 1. The van der Waals surface area contributed by atoms with Gasteiger partial charge >= 0.3 is 5.92 Å². The Balaban J connectivity index is 1.91. The number of benzene rings is 1. The van der Waals surface area contributed by atoms with Gasteiger partial charge in [0.2, 0.25) is 0 Å². The molecule has 2 heterocycles. The number of halogens is 5. The minimum absolute atomic E-state index is 0.00401. The number of hydrogen-bond acceptors (Lipinski definition) is 5. The van der Waals surface area contributed by atoms with E-state index in [-0.39, 0.29) is 21.4 Å². The minimum atomic E-state index is -3.48. The van der Waals surface area contributed by atoms with E-state index in [0.29, 0.717) is 0 Å². The van der Waals surface area contributed by atoms with Crippen molar-refractivity contribution in [1.82, 2.24) is 4.98 Å². The predicted molar refractivity (Wildman–Crippen MR) is 93.9 cm³/mol. The molecule has 0 saturated carbocycles. The molecule has 27 heavy (non-hydrogen) atoms. The number of hydrogen-bond donors (Lipinski definition) is 2. The summed E-state index contributed by atoms with van der Waals surface area (Å²) in [5.41, 5.74) is 4.79. The number of carbonyl (C=O) groups excluding carboxylic acids is 1. The van der Waals surface area contributed by atoms with Crippen LogP contribution in [0.25, 0.3) is 0 Å². The standard InChI is InChI=1S/C16H11Cl2F3N4O2/c17-7-3-10(18)12(23-5-7)14(26)24-8-1-2-11(19)9(4-8)13-16(20,21)6-27-15(22)25-13/h1-5,13H,6H2,(H2,22,25)(H,24,26). The molecule has 3 rings (SSSR count). The number of amides is 1. The highest BCUT2D eigenvalue weighted by molar-refractivity contribution is 6.36. The van der Waals surface area contributed by atoms with Gasteiger partial charge in [0, 0.05) is 17.4 Å². The summed E-state index contributed by atoms with van der Waals surface area (Å²) in [6.45, 7) is -1.03. The molecular formula is C16H11Cl2F3N4O2. The number of aromatic nitrogens is 1. The molecular weight excluding hydrogens is 408 g/mol. The van der Waals surface area contributed by atoms with Crippen LogP contribution in [-0.4, -0.2) is 29.4 Å². The van der Waals surface area contributed by atoms with Crippen molar-refractivity contribution in [2.24, 2.45) is 10.7 Å². The van der Waals surface area contributed by atoms with E-state index in [1.54, 1.807) is 0 Å². The Kier molecular flexibility index (Phi) is 5.16. The minimum Gasteiger partial charge on any atom is -0.459 e. The largest absolute Gasteiger partial charge is 0.459 e. The molecule has 1 aromatic carbocycles. The van der Waals surface area contributed by atoms with Crippen molar-refractivity contribution in [1.29, 1.82) is 0 Å². The fourth-order valence-electron chi connectivity index (χ4n) is 2.41. The van der Waals surface area contributed by atoms with E-state index in [4.69, 9.17) is 28.9 Å². The molecule has 1 aliphatic heterocycles. The number of aliphatic imine (C=N–C) groups is 1. The lowest BCUT2D eigenvalue weighted by molar-refractivity contribution is -0.0788. The van der Waals surface area contributed by atoms with Crippen molar-refractivity contribution >= 4 is 40.8 Å². The van der Waals surface area contributed by atoms with Gasteiger partial charge in [0.15, 0.2) is 12.6 Å². The Morgan fingerprint density at radius 1 is 1.33 bits per heavy atom. The van der Waals surface area contributed by atoms with E-state index in [0.717, 1.165) is 12.1 Å². The first-order valence-corrected chi connectivity index (χ1v) is 8.19. The van der Waals surface area contributed by atoms with Crippen LogP contribution in [0.1, 0.15) is 22.1 Å². The average Bonchev–Trinajstić information content (AvgIpc) is 2.59. The second kappa shape index (κ2) is 7.24. The number of nitrogens with zero attached hydrogens (tertiary/aromatic N) is 2. The first-order valence-electron chi connectivity index (χ1n) is 7.43. The zero-order valence-corrected chi connectivity index (χ0v) is 14.9. The SMILES string of the molecule is NC1=NC(c2cc(NC(=O)c3ncc(Cl)cc3Cl)ccc2F)C(F)(F)CO1. The summed E-state index contributed by atoms with van der Waals surface area (Å²) in [6.07, 6.45) is 1.22. The number of carbonyl (C=O) groups is 1. The third-order valence-electron chi connectivity index (χ3n) is 3.64. The summed E-state index contributed by atoms with van der Waals surface area (Å²) in [5.74, 6) is -5.14. The Morgan fingerprint density at radius 2 is 2.07 bits per heavy atom. The monoisotopic (exact) mass is 418 g/mol. The first kappa shape index (κ1) is 19.2. The van der Waals surface area contributed by atoms with E-state index in [1.807, 2.05) is 0 Å². The zero-order chi connectivity index (χ0) is 19.8. The Morgan fingerprint density at radius 3 is 2.78 bits per heavy atom. The van der Waals surface area contributed by atoms with Crippen LogP contribution in [0.2, 0.25) is 10.0 Å². The Hall–Kier alpha value is -2.52. The van der Waals surface area contributed by atoms with Crippen LogP contribution in [0.5, 0.6) is 0 Å². The second-order valence-electron chi connectivity index (χ2n) is 5.59. The van der Waals surface area contributed by atoms with Crippen LogP contribution in [0.4, 0.5) is 18.9 Å². The molecule has 2 aromatic rings. The number of anilines is 1. The second-order valence-corrected chi connectivity index (χ2v) is 6.44. The van der Waals surface area contributed by atoms with Gasteiger partial charge in [0.05, 0.1) is 10.0 Å². The maximum absolute atomic E-state index is 14.1. The lowest BCUT2D eigenvalue weighted by Gasteiger charge is -2.28. The van der Waals surface area contributed by atoms with E-state index in [1.165, 1.54) is 18.3 Å². The molecule has 0 bridgehead atoms. The van der Waals surface area contributed by atoms with Crippen LogP contribution in [0, 0.1) is 5.82 Å². The maximum Gasteiger partial charge on any atom is 0.307 e. The molecule has 0 radical (unpaired) electrons. The van der Waals surface area contributed by atoms with Crippen LogP contribution in [-0.2, 0) is 4.74 Å². The highest BCUT2D eigenvalue weighted by Crippen LogP contribution is 2.39. The molecule has 0 saturated heterocycles. The van der Waals surface area contributed by atoms with Crippen molar-refractivity contribution < 1.29 is 22.7 Å². The summed E-state index contributed by atoms with van der Waals surface area (Å²) in [5, 5.41) is 2.64. The summed E-state index contributed by atoms with van der Waals surface area (Å²) in [6, 6.07) is 2.13. The highest BCUT2D eigenvalue weighted by Gasteiger charge is 2.46. The van der Waals surface area contributed by atoms with Crippen LogP contribution >= 0.6 is 23.2 Å². The van der Waals surface area contributed by atoms with Gasteiger partial charge in [-0.2, -0.15) is 0 Å². The number of pyridine rings is 1. The number of amidine groups is 1. The van der Waals surface area contributed by atoms with Gasteiger partial charge in [0.25, 0.3) is 11.9 Å². The van der Waals surface area contributed by atoms with E-state index >= 15 is 0 Å². The number of alkyl halides is 2. The fourth-order valence-corrected chi connectivity index (χ4v) is 2.87. The third kappa shape index (κ3) is 4.09. The van der Waals surface area contributed by atoms with Crippen molar-refractivity contribution in [2.75, 3.05) is 11.9 Å². The van der Waals surface area contributed by atoms with Gasteiger partial charge in [-0.05, 0) is 24.3 Å². The van der Waals surface area contributed by atoms with Gasteiger partial charge in [-0.3, -0.25) is 4.79 Å². The van der Waals surface area contributed by atoms with Crippen LogP contribution in [0.15, 0.2) is 35.5 Å². The first-order chi connectivity index (χ1) is 12.7. The summed E-state index contributed by atoms with van der Waals surface area (Å²) in [4.78, 5) is 19.6. The molecule has 11 heteroatoms. The molecule has 0 fully saturated rings.